The van der Waals surface area contributed by atoms with Crippen molar-refractivity contribution in [2.75, 3.05) is 31.7 Å². The molecular formula is C22H32ClN5O3. The summed E-state index contributed by atoms with van der Waals surface area (Å²) >= 11 is 6.44. The Morgan fingerprint density at radius 1 is 1.35 bits per heavy atom. The number of aliphatic hydroxyl groups is 1. The molecule has 2 saturated heterocycles. The van der Waals surface area contributed by atoms with Crippen molar-refractivity contribution in [3.05, 3.63) is 28.7 Å². The molecule has 2 fully saturated rings. The van der Waals surface area contributed by atoms with Crippen molar-refractivity contribution in [3.8, 4) is 17.1 Å². The van der Waals surface area contributed by atoms with Crippen LogP contribution in [-0.2, 0) is 11.3 Å². The first-order valence-electron chi connectivity index (χ1n) is 10.2. The van der Waals surface area contributed by atoms with E-state index in [1.54, 1.807) is 12.3 Å². The van der Waals surface area contributed by atoms with Crippen molar-refractivity contribution in [1.82, 2.24) is 15.0 Å². The molecule has 2 aromatic heterocycles. The maximum Gasteiger partial charge on any atom is 0.232 e. The van der Waals surface area contributed by atoms with Crippen LogP contribution in [0.2, 0.25) is 5.02 Å². The van der Waals surface area contributed by atoms with Crippen molar-refractivity contribution in [1.29, 1.82) is 0 Å². The molecule has 0 saturated carbocycles. The Labute approximate surface area is 188 Å². The van der Waals surface area contributed by atoms with E-state index < -0.39 is 0 Å². The maximum atomic E-state index is 10.0. The lowest BCUT2D eigenvalue weighted by Gasteiger charge is -2.42. The number of hydrogen-bond acceptors (Lipinski definition) is 8. The second kappa shape index (κ2) is 9.24. The lowest BCUT2D eigenvalue weighted by molar-refractivity contribution is 0.0973. The van der Waals surface area contributed by atoms with E-state index >= 15 is 0 Å². The first kappa shape index (κ1) is 23.7. The number of ether oxygens (including phenoxy) is 2. The molecule has 9 heteroatoms. The van der Waals surface area contributed by atoms with Crippen molar-refractivity contribution in [3.63, 3.8) is 0 Å². The van der Waals surface area contributed by atoms with Gasteiger partial charge in [0.1, 0.15) is 10.7 Å². The van der Waals surface area contributed by atoms with E-state index in [4.69, 9.17) is 36.8 Å². The predicted molar refractivity (Wildman–Crippen MR) is 121 cm³/mol. The SMILES string of the molecule is C.COc1nccc(-c2nc(CO)c(N3CCC4(CC3)CO[C@@H](C)[C@H]4N)nc2C)c1Cl. The Kier molecular flexibility index (Phi) is 7.05. The molecule has 2 atom stereocenters. The van der Waals surface area contributed by atoms with Gasteiger partial charge >= 0.3 is 0 Å². The molecule has 8 nitrogen and oxygen atoms in total. The second-order valence-electron chi connectivity index (χ2n) is 8.16. The molecule has 4 rings (SSSR count). The Bertz CT molecular complexity index is 934. The molecule has 2 aliphatic rings. The molecule has 0 radical (unpaired) electrons. The summed E-state index contributed by atoms with van der Waals surface area (Å²) in [5.41, 5.74) is 9.01. The van der Waals surface area contributed by atoms with Crippen molar-refractivity contribution >= 4 is 17.4 Å². The molecule has 0 amide bonds. The highest BCUT2D eigenvalue weighted by Crippen LogP contribution is 2.42. The van der Waals surface area contributed by atoms with Gasteiger partial charge in [-0.2, -0.15) is 0 Å². The fraction of sp³-hybridized carbons (Fsp3) is 0.591. The number of nitrogens with two attached hydrogens (primary N) is 1. The number of pyridine rings is 1. The minimum atomic E-state index is -0.212. The number of aromatic nitrogens is 3. The summed E-state index contributed by atoms with van der Waals surface area (Å²) in [6.45, 7) is 6.04. The summed E-state index contributed by atoms with van der Waals surface area (Å²) in [6.07, 6.45) is 3.57. The summed E-state index contributed by atoms with van der Waals surface area (Å²) < 4.78 is 11.0. The van der Waals surface area contributed by atoms with Crippen LogP contribution in [0.15, 0.2) is 12.3 Å². The van der Waals surface area contributed by atoms with Gasteiger partial charge in [0.05, 0.1) is 37.8 Å². The molecule has 0 bridgehead atoms. The highest BCUT2D eigenvalue weighted by molar-refractivity contribution is 6.34. The summed E-state index contributed by atoms with van der Waals surface area (Å²) in [5, 5.41) is 10.4. The molecule has 4 heterocycles. The van der Waals surface area contributed by atoms with Crippen LogP contribution >= 0.6 is 11.6 Å². The standard InChI is InChI=1S/C21H28ClN5O3.CH4/c1-12-17(14-4-7-24-20(29-3)16(14)22)26-15(10-28)19(25-12)27-8-5-21(6-9-27)11-30-13(2)18(21)23;/h4,7,13,18,28H,5-6,8-11,23H2,1-3H3;1H4/t13-,18+;/m0./s1. The Morgan fingerprint density at radius 3 is 2.65 bits per heavy atom. The van der Waals surface area contributed by atoms with Crippen molar-refractivity contribution in [2.24, 2.45) is 11.1 Å². The zero-order chi connectivity index (χ0) is 21.5. The number of aryl methyl sites for hydroxylation is 1. The number of rotatable bonds is 4. The van der Waals surface area contributed by atoms with Gasteiger partial charge in [-0.15, -0.1) is 0 Å². The van der Waals surface area contributed by atoms with Crippen LogP contribution in [0.25, 0.3) is 11.3 Å². The van der Waals surface area contributed by atoms with Crippen LogP contribution in [0.4, 0.5) is 5.82 Å². The summed E-state index contributed by atoms with van der Waals surface area (Å²) in [7, 11) is 1.52. The van der Waals surface area contributed by atoms with Gasteiger partial charge in [0, 0.05) is 36.3 Å². The number of hydrogen-bond donors (Lipinski definition) is 2. The van der Waals surface area contributed by atoms with Crippen LogP contribution in [0.1, 0.15) is 38.6 Å². The molecule has 170 valence electrons. The third-order valence-electron chi connectivity index (χ3n) is 6.48. The Hall–Kier alpha value is -2.00. The molecule has 0 unspecified atom stereocenters. The molecule has 0 aliphatic carbocycles. The van der Waals surface area contributed by atoms with Gasteiger partial charge in [0.25, 0.3) is 0 Å². The monoisotopic (exact) mass is 449 g/mol. The van der Waals surface area contributed by atoms with E-state index in [1.807, 2.05) is 13.8 Å². The van der Waals surface area contributed by atoms with E-state index in [2.05, 4.69) is 9.88 Å². The zero-order valence-corrected chi connectivity index (χ0v) is 18.3. The van der Waals surface area contributed by atoms with E-state index in [1.165, 1.54) is 7.11 Å². The Morgan fingerprint density at radius 2 is 2.06 bits per heavy atom. The molecular weight excluding hydrogens is 418 g/mol. The minimum absolute atomic E-state index is 0. The summed E-state index contributed by atoms with van der Waals surface area (Å²) in [4.78, 5) is 15.8. The predicted octanol–water partition coefficient (Wildman–Crippen LogP) is 2.97. The fourth-order valence-corrected chi connectivity index (χ4v) is 4.82. The number of aliphatic hydroxyl groups excluding tert-OH is 1. The molecule has 1 spiro atoms. The number of halogens is 1. The molecule has 3 N–H and O–H groups in total. The summed E-state index contributed by atoms with van der Waals surface area (Å²) in [5.74, 6) is 1.04. The first-order valence-corrected chi connectivity index (χ1v) is 10.6. The van der Waals surface area contributed by atoms with Gasteiger partial charge in [-0.1, -0.05) is 19.0 Å². The van der Waals surface area contributed by atoms with Gasteiger partial charge in [-0.25, -0.2) is 15.0 Å². The van der Waals surface area contributed by atoms with E-state index in [0.717, 1.165) is 31.6 Å². The number of methoxy groups -OCH3 is 1. The van der Waals surface area contributed by atoms with Crippen LogP contribution in [0, 0.1) is 12.3 Å². The van der Waals surface area contributed by atoms with E-state index in [9.17, 15) is 5.11 Å². The lowest BCUT2D eigenvalue weighted by Crippen LogP contribution is -2.51. The van der Waals surface area contributed by atoms with Gasteiger partial charge in [0.2, 0.25) is 5.88 Å². The minimum Gasteiger partial charge on any atom is -0.480 e. The van der Waals surface area contributed by atoms with Gasteiger partial charge in [0.15, 0.2) is 5.82 Å². The highest BCUT2D eigenvalue weighted by Gasteiger charge is 2.47. The number of nitrogens with zero attached hydrogens (tertiary/aromatic N) is 4. The van der Waals surface area contributed by atoms with Crippen molar-refractivity contribution in [2.45, 2.75) is 52.9 Å². The Balaban J connectivity index is 0.00000272. The quantitative estimate of drug-likeness (QED) is 0.733. The molecule has 2 aromatic rings. The fourth-order valence-electron chi connectivity index (χ4n) is 4.54. The van der Waals surface area contributed by atoms with Gasteiger partial charge in [-0.3, -0.25) is 0 Å². The molecule has 0 aromatic carbocycles. The maximum absolute atomic E-state index is 10.0. The van der Waals surface area contributed by atoms with Gasteiger partial charge in [-0.05, 0) is 32.8 Å². The largest absolute Gasteiger partial charge is 0.480 e. The lowest BCUT2D eigenvalue weighted by atomic mass is 9.73. The number of piperidine rings is 1. The zero-order valence-electron chi connectivity index (χ0n) is 17.6. The first-order chi connectivity index (χ1) is 14.4. The molecule has 31 heavy (non-hydrogen) atoms. The van der Waals surface area contributed by atoms with Gasteiger partial charge < -0.3 is 25.2 Å². The van der Waals surface area contributed by atoms with Crippen LogP contribution in [0.3, 0.4) is 0 Å². The second-order valence-corrected chi connectivity index (χ2v) is 8.54. The topological polar surface area (TPSA) is 107 Å². The van der Waals surface area contributed by atoms with Crippen molar-refractivity contribution < 1.29 is 14.6 Å². The normalized spacial score (nSPS) is 22.5. The third kappa shape index (κ3) is 4.09. The smallest absolute Gasteiger partial charge is 0.232 e. The number of anilines is 1. The van der Waals surface area contributed by atoms with Crippen LogP contribution < -0.4 is 15.4 Å². The highest BCUT2D eigenvalue weighted by atomic mass is 35.5. The van der Waals surface area contributed by atoms with E-state index in [-0.39, 0.29) is 31.6 Å². The summed E-state index contributed by atoms with van der Waals surface area (Å²) in [6, 6.07) is 1.83. The van der Waals surface area contributed by atoms with Crippen LogP contribution in [-0.4, -0.2) is 59.0 Å². The van der Waals surface area contributed by atoms with Crippen LogP contribution in [0.5, 0.6) is 5.88 Å². The van der Waals surface area contributed by atoms with E-state index in [0.29, 0.717) is 40.3 Å². The average molecular weight is 450 g/mol. The third-order valence-corrected chi connectivity index (χ3v) is 6.85. The average Bonchev–Trinajstić information content (AvgIpc) is 3.03. The molecule has 2 aliphatic heterocycles.